The number of nitriles is 1. The molecule has 0 fully saturated rings. The Hall–Kier alpha value is -3.94. The van der Waals surface area contributed by atoms with Gasteiger partial charge in [0.2, 0.25) is 12.3 Å². The standard InChI is InChI=1S/C21H18F4N4O3/c1-20(2,29(11-30)14-6-7-15(17(22)9-14)18(31)27-3)19(32)28-13-5-4-12(10-26)16(8-13)21(23,24)25/h4-9,11H,1-3H3,(H,27,31)(H,28,32). The fourth-order valence-corrected chi connectivity index (χ4v) is 2.84. The van der Waals surface area contributed by atoms with E-state index < -0.39 is 40.5 Å². The molecule has 168 valence electrons. The highest BCUT2D eigenvalue weighted by atomic mass is 19.4. The molecule has 32 heavy (non-hydrogen) atoms. The first-order chi connectivity index (χ1) is 14.9. The van der Waals surface area contributed by atoms with Gasteiger partial charge in [-0.15, -0.1) is 0 Å². The van der Waals surface area contributed by atoms with Gasteiger partial charge in [0.25, 0.3) is 5.91 Å². The molecule has 0 heterocycles. The van der Waals surface area contributed by atoms with Gasteiger partial charge in [-0.3, -0.25) is 14.4 Å². The van der Waals surface area contributed by atoms with Crippen molar-refractivity contribution in [3.63, 3.8) is 0 Å². The van der Waals surface area contributed by atoms with Crippen LogP contribution in [0.3, 0.4) is 0 Å². The number of nitrogens with one attached hydrogen (secondary N) is 2. The highest BCUT2D eigenvalue weighted by Crippen LogP contribution is 2.34. The zero-order valence-electron chi connectivity index (χ0n) is 17.2. The van der Waals surface area contributed by atoms with Crippen molar-refractivity contribution in [2.45, 2.75) is 25.6 Å². The van der Waals surface area contributed by atoms with E-state index in [0.29, 0.717) is 6.07 Å². The van der Waals surface area contributed by atoms with Gasteiger partial charge in [0.15, 0.2) is 0 Å². The van der Waals surface area contributed by atoms with Crippen molar-refractivity contribution < 1.29 is 31.9 Å². The molecule has 0 aliphatic heterocycles. The maximum Gasteiger partial charge on any atom is 0.417 e. The quantitative estimate of drug-likeness (QED) is 0.520. The van der Waals surface area contributed by atoms with E-state index in [0.717, 1.165) is 29.2 Å². The second-order valence-corrected chi connectivity index (χ2v) is 7.10. The highest BCUT2D eigenvalue weighted by Gasteiger charge is 2.37. The van der Waals surface area contributed by atoms with E-state index in [1.807, 2.05) is 0 Å². The topological polar surface area (TPSA) is 102 Å². The summed E-state index contributed by atoms with van der Waals surface area (Å²) in [6, 6.07) is 7.33. The zero-order valence-corrected chi connectivity index (χ0v) is 17.2. The minimum absolute atomic E-state index is 0.0545. The van der Waals surface area contributed by atoms with Crippen molar-refractivity contribution in [3.8, 4) is 6.07 Å². The Morgan fingerprint density at radius 2 is 1.78 bits per heavy atom. The van der Waals surface area contributed by atoms with E-state index in [1.165, 1.54) is 33.0 Å². The van der Waals surface area contributed by atoms with Crippen LogP contribution in [0.5, 0.6) is 0 Å². The number of rotatable bonds is 6. The second kappa shape index (κ2) is 9.05. The van der Waals surface area contributed by atoms with E-state index >= 15 is 0 Å². The van der Waals surface area contributed by atoms with Crippen LogP contribution >= 0.6 is 0 Å². The van der Waals surface area contributed by atoms with Crippen LogP contribution in [0, 0.1) is 17.1 Å². The summed E-state index contributed by atoms with van der Waals surface area (Å²) in [5.74, 6) is -2.50. The van der Waals surface area contributed by atoms with Crippen LogP contribution in [-0.4, -0.2) is 30.8 Å². The fourth-order valence-electron chi connectivity index (χ4n) is 2.84. The van der Waals surface area contributed by atoms with Crippen molar-refractivity contribution in [2.75, 3.05) is 17.3 Å². The summed E-state index contributed by atoms with van der Waals surface area (Å²) in [4.78, 5) is 37.0. The first-order valence-corrected chi connectivity index (χ1v) is 9.05. The molecule has 0 bridgehead atoms. The lowest BCUT2D eigenvalue weighted by atomic mass is 9.99. The average Bonchev–Trinajstić information content (AvgIpc) is 2.73. The lowest BCUT2D eigenvalue weighted by molar-refractivity contribution is -0.137. The molecule has 2 rings (SSSR count). The van der Waals surface area contributed by atoms with E-state index in [1.54, 1.807) is 0 Å². The van der Waals surface area contributed by atoms with Gasteiger partial charge in [0.05, 0.1) is 22.8 Å². The predicted octanol–water partition coefficient (Wildman–Crippen LogP) is 3.46. The second-order valence-electron chi connectivity index (χ2n) is 7.10. The molecular weight excluding hydrogens is 432 g/mol. The summed E-state index contributed by atoms with van der Waals surface area (Å²) in [7, 11) is 1.31. The molecule has 0 aliphatic rings. The summed E-state index contributed by atoms with van der Waals surface area (Å²) < 4.78 is 53.8. The molecule has 11 heteroatoms. The third-order valence-corrected chi connectivity index (χ3v) is 4.67. The summed E-state index contributed by atoms with van der Waals surface area (Å²) in [5.41, 5.74) is -4.09. The normalized spacial score (nSPS) is 11.3. The van der Waals surface area contributed by atoms with Crippen LogP contribution in [0.15, 0.2) is 36.4 Å². The van der Waals surface area contributed by atoms with Crippen molar-refractivity contribution in [1.82, 2.24) is 5.32 Å². The van der Waals surface area contributed by atoms with Crippen LogP contribution in [0.4, 0.5) is 28.9 Å². The Balaban J connectivity index is 2.37. The maximum atomic E-state index is 14.3. The van der Waals surface area contributed by atoms with Gasteiger partial charge in [-0.05, 0) is 50.2 Å². The number of amides is 3. The summed E-state index contributed by atoms with van der Waals surface area (Å²) in [6.07, 6.45) is -4.56. The van der Waals surface area contributed by atoms with Crippen LogP contribution < -0.4 is 15.5 Å². The van der Waals surface area contributed by atoms with Gasteiger partial charge in [-0.1, -0.05) is 0 Å². The molecule has 2 aromatic carbocycles. The molecule has 3 amide bonds. The van der Waals surface area contributed by atoms with E-state index in [4.69, 9.17) is 5.26 Å². The highest BCUT2D eigenvalue weighted by molar-refractivity contribution is 6.03. The third kappa shape index (κ3) is 4.85. The summed E-state index contributed by atoms with van der Waals surface area (Å²) >= 11 is 0. The number of carbonyl (C=O) groups is 3. The summed E-state index contributed by atoms with van der Waals surface area (Å²) in [5, 5.41) is 13.4. The van der Waals surface area contributed by atoms with E-state index in [-0.39, 0.29) is 23.3 Å². The minimum Gasteiger partial charge on any atom is -0.355 e. The fraction of sp³-hybridized carbons (Fsp3) is 0.238. The van der Waals surface area contributed by atoms with Crippen molar-refractivity contribution in [1.29, 1.82) is 5.26 Å². The number of hydrogen-bond acceptors (Lipinski definition) is 4. The van der Waals surface area contributed by atoms with E-state index in [2.05, 4.69) is 10.6 Å². The SMILES string of the molecule is CNC(=O)c1ccc(N(C=O)C(C)(C)C(=O)Nc2ccc(C#N)c(C(F)(F)F)c2)cc1F. The molecule has 0 atom stereocenters. The molecule has 7 nitrogen and oxygen atoms in total. The molecule has 0 saturated heterocycles. The Labute approximate surface area is 180 Å². The molecule has 0 spiro atoms. The molecule has 0 radical (unpaired) electrons. The number of carbonyl (C=O) groups excluding carboxylic acids is 3. The lowest BCUT2D eigenvalue weighted by Crippen LogP contribution is -2.52. The molecule has 0 unspecified atom stereocenters. The number of nitrogens with zero attached hydrogens (tertiary/aromatic N) is 2. The smallest absolute Gasteiger partial charge is 0.355 e. The number of hydrogen-bond donors (Lipinski definition) is 2. The first-order valence-electron chi connectivity index (χ1n) is 9.05. The molecule has 2 N–H and O–H groups in total. The Morgan fingerprint density at radius 1 is 1.12 bits per heavy atom. The van der Waals surface area contributed by atoms with Gasteiger partial charge in [-0.25, -0.2) is 4.39 Å². The Bertz CT molecular complexity index is 1110. The number of benzene rings is 2. The van der Waals surface area contributed by atoms with Crippen molar-refractivity contribution >= 4 is 29.6 Å². The summed E-state index contributed by atoms with van der Waals surface area (Å²) in [6.45, 7) is 2.60. The lowest BCUT2D eigenvalue weighted by Gasteiger charge is -2.34. The average molecular weight is 450 g/mol. The molecule has 0 aliphatic carbocycles. The van der Waals surface area contributed by atoms with Gasteiger partial charge < -0.3 is 15.5 Å². The zero-order chi connectivity index (χ0) is 24.3. The molecule has 0 saturated carbocycles. The van der Waals surface area contributed by atoms with Crippen LogP contribution in [0.2, 0.25) is 0 Å². The Kier molecular flexibility index (Phi) is 6.88. The number of halogens is 4. The third-order valence-electron chi connectivity index (χ3n) is 4.67. The van der Waals surface area contributed by atoms with E-state index in [9.17, 15) is 31.9 Å². The minimum atomic E-state index is -4.82. The van der Waals surface area contributed by atoms with Crippen molar-refractivity contribution in [3.05, 3.63) is 58.9 Å². The van der Waals surface area contributed by atoms with Crippen LogP contribution in [0.1, 0.15) is 35.3 Å². The predicted molar refractivity (Wildman–Crippen MR) is 107 cm³/mol. The first kappa shape index (κ1) is 24.3. The van der Waals surface area contributed by atoms with Gasteiger partial charge >= 0.3 is 6.18 Å². The van der Waals surface area contributed by atoms with Crippen LogP contribution in [0.25, 0.3) is 0 Å². The Morgan fingerprint density at radius 3 is 2.28 bits per heavy atom. The monoisotopic (exact) mass is 450 g/mol. The van der Waals surface area contributed by atoms with Crippen LogP contribution in [-0.2, 0) is 15.8 Å². The van der Waals surface area contributed by atoms with Crippen molar-refractivity contribution in [2.24, 2.45) is 0 Å². The molecule has 0 aromatic heterocycles. The molecular formula is C21H18F4N4O3. The largest absolute Gasteiger partial charge is 0.417 e. The van der Waals surface area contributed by atoms with Gasteiger partial charge in [0, 0.05) is 18.4 Å². The van der Waals surface area contributed by atoms with Gasteiger partial charge in [0.1, 0.15) is 11.4 Å². The number of anilines is 2. The number of alkyl halides is 3. The molecule has 2 aromatic rings. The maximum absolute atomic E-state index is 14.3. The van der Waals surface area contributed by atoms with Gasteiger partial charge in [-0.2, -0.15) is 18.4 Å².